The van der Waals surface area contributed by atoms with Crippen LogP contribution in [0, 0.1) is 0 Å². The molecule has 0 bridgehead atoms. The van der Waals surface area contributed by atoms with Crippen LogP contribution >= 0.6 is 19.8 Å². The van der Waals surface area contributed by atoms with E-state index >= 15 is 0 Å². The van der Waals surface area contributed by atoms with Crippen LogP contribution in [0.3, 0.4) is 0 Å². The van der Waals surface area contributed by atoms with Gasteiger partial charge in [0.05, 0.1) is 0 Å². The molecule has 0 aromatic carbocycles. The van der Waals surface area contributed by atoms with Gasteiger partial charge in [0.1, 0.15) is 0 Å². The quantitative estimate of drug-likeness (QED) is 0.388. The molecule has 0 aromatic heterocycles. The molecule has 5 heavy (non-hydrogen) atoms. The van der Waals surface area contributed by atoms with Crippen molar-refractivity contribution < 1.29 is 0 Å². The Balaban J connectivity index is 0. The Morgan fingerprint density at radius 2 is 0.400 bits per heavy atom. The summed E-state index contributed by atoms with van der Waals surface area (Å²) >= 11 is 0. The van der Waals surface area contributed by atoms with Crippen molar-refractivity contribution in [2.24, 2.45) is 0 Å². The minimum absolute atomic E-state index is 0. The zero-order valence-corrected chi connectivity index (χ0v) is 3.67. The van der Waals surface area contributed by atoms with Gasteiger partial charge in [-0.15, -0.1) is 0 Å². The largest absolute Gasteiger partial charge is 2.00 e. The summed E-state index contributed by atoms with van der Waals surface area (Å²) < 4.78 is 0. The molecule has 0 radical (unpaired) electrons. The third-order valence-electron chi connectivity index (χ3n) is 0. The van der Waals surface area contributed by atoms with Crippen molar-refractivity contribution in [3.63, 3.8) is 0 Å². The lowest BCUT2D eigenvalue weighted by molar-refractivity contribution is 6.92. The second kappa shape index (κ2) is 39.1. The average molecular weight is 170 g/mol. The molecule has 0 heterocycles. The molecule has 0 aliphatic heterocycles. The number of hydrogen-bond donors (Lipinski definition) is 0. The maximum absolute atomic E-state index is 0. The van der Waals surface area contributed by atoms with E-state index in [-0.39, 0.29) is 60.3 Å². The minimum Gasteiger partial charge on any atom is -2.00 e. The van der Waals surface area contributed by atoms with Gasteiger partial charge >= 0.3 is 0 Å². The predicted molar refractivity (Wildman–Crippen MR) is 52.7 cm³/mol. The third-order valence-corrected chi connectivity index (χ3v) is 0. The van der Waals surface area contributed by atoms with Crippen LogP contribution < -0.4 is 0 Å². The lowest BCUT2D eigenvalue weighted by atomic mass is 31.0. The molecule has 0 atom stereocenters. The maximum Gasteiger partial charge on any atom is -0.295 e. The first-order valence-corrected chi connectivity index (χ1v) is 0. The highest BCUT2D eigenvalue weighted by molar-refractivity contribution is 7.37. The molecule has 0 rings (SSSR count). The van der Waals surface area contributed by atoms with Gasteiger partial charge in [-0.1, -0.05) is 0 Å². The van der Waals surface area contributed by atoms with Crippen molar-refractivity contribution in [2.45, 2.75) is 0 Å². The van der Waals surface area contributed by atoms with Gasteiger partial charge in [0.15, 0.2) is 0 Å². The molecule has 0 saturated heterocycles. The van der Waals surface area contributed by atoms with E-state index in [0.717, 1.165) is 0 Å². The Kier molecular flexibility index (Phi) is 517. The zero-order valence-electron chi connectivity index (χ0n) is 1.22. The summed E-state index contributed by atoms with van der Waals surface area (Å²) in [6.45, 7) is 0. The van der Waals surface area contributed by atoms with Gasteiger partial charge in [0.2, 0.25) is 0 Å². The molecule has 0 aliphatic carbocycles. The van der Waals surface area contributed by atoms with Gasteiger partial charge in [-0.25, -0.2) is 0 Å². The van der Waals surface area contributed by atoms with Crippen LogP contribution in [0.1, 0.15) is 0 Å². The number of hydrogen-bond acceptors (Lipinski definition) is 0. The SMILES string of the molecule is [PH6+3].[PH6+3].[S-2].[S-2].[S-2]. The zero-order chi connectivity index (χ0) is 0. The highest BCUT2D eigenvalue weighted by Crippen LogP contribution is 0.862. The number of rotatable bonds is 0. The topological polar surface area (TPSA) is 0 Å². The maximum atomic E-state index is 0. The van der Waals surface area contributed by atoms with Gasteiger partial charge in [-0.3, -0.25) is 19.8 Å². The molecule has 0 saturated carbocycles. The minimum atomic E-state index is 0. The van der Waals surface area contributed by atoms with Crippen molar-refractivity contribution in [2.75, 3.05) is 0 Å². The van der Waals surface area contributed by atoms with Crippen LogP contribution in [-0.4, -0.2) is 0 Å². The molecule has 0 aromatic rings. The van der Waals surface area contributed by atoms with E-state index in [1.54, 1.807) is 0 Å². The molecule has 0 spiro atoms. The normalized spacial score (nSPS) is 0. The molecule has 0 fully saturated rings. The summed E-state index contributed by atoms with van der Waals surface area (Å²) in [7, 11) is 0. The van der Waals surface area contributed by atoms with Crippen LogP contribution in [0.2, 0.25) is 0 Å². The van der Waals surface area contributed by atoms with Crippen LogP contribution in [0.15, 0.2) is 0 Å². The second-order valence-corrected chi connectivity index (χ2v) is 0. The first-order valence-electron chi connectivity index (χ1n) is 0. The van der Waals surface area contributed by atoms with E-state index in [4.69, 9.17) is 0 Å². The van der Waals surface area contributed by atoms with E-state index in [1.165, 1.54) is 0 Å². The predicted octanol–water partition coefficient (Wildman–Crippen LogP) is -1.50. The molecule has 5 heteroatoms. The van der Waals surface area contributed by atoms with E-state index in [9.17, 15) is 0 Å². The summed E-state index contributed by atoms with van der Waals surface area (Å²) in [5.74, 6) is 0. The summed E-state index contributed by atoms with van der Waals surface area (Å²) in [5.41, 5.74) is 0. The summed E-state index contributed by atoms with van der Waals surface area (Å²) in [4.78, 5) is 0. The lowest BCUT2D eigenvalue weighted by Gasteiger charge is -2.00. The lowest BCUT2D eigenvalue weighted by Crippen LogP contribution is -0.00340. The van der Waals surface area contributed by atoms with Crippen LogP contribution in [0.25, 0.3) is 0 Å². The Morgan fingerprint density at radius 3 is 0.400 bits per heavy atom. The van der Waals surface area contributed by atoms with Crippen LogP contribution in [-0.2, 0) is 40.5 Å². The fourth-order valence-corrected chi connectivity index (χ4v) is 0. The standard InChI is InChI=1S/2H6P.3S/h2*1H6;;;/q2*+3;3*-2. The average Bonchev–Trinajstić information content (AvgIpc) is 0. The molecule has 0 N–H and O–H groups in total. The van der Waals surface area contributed by atoms with Crippen molar-refractivity contribution in [1.29, 1.82) is 0 Å². The Bertz CT molecular complexity index is 4.85. The van der Waals surface area contributed by atoms with Crippen molar-refractivity contribution in [3.05, 3.63) is 0 Å². The second-order valence-electron chi connectivity index (χ2n) is 0. The van der Waals surface area contributed by atoms with Gasteiger partial charge in [-0.05, 0) is 0 Å². The van der Waals surface area contributed by atoms with Crippen LogP contribution in [0.5, 0.6) is 0 Å². The molecular formula is H12P2S3. The molecule has 0 amide bonds. The molecule has 0 unspecified atom stereocenters. The van der Waals surface area contributed by atoms with Gasteiger partial charge in [-0.2, -0.15) is 0 Å². The fraction of sp³-hybridized carbons (Fsp3) is 0. The van der Waals surface area contributed by atoms with Crippen molar-refractivity contribution in [3.8, 4) is 0 Å². The fourth-order valence-electron chi connectivity index (χ4n) is 0. The molecule has 0 aliphatic rings. The molecule has 0 nitrogen and oxygen atoms in total. The Morgan fingerprint density at radius 1 is 0.400 bits per heavy atom. The highest BCUT2D eigenvalue weighted by atomic mass is 32.1. The first kappa shape index (κ1) is 66.2. The molecular weight excluding hydrogens is 158 g/mol. The smallest absolute Gasteiger partial charge is 0.295 e. The molecule has 40 valence electrons. The summed E-state index contributed by atoms with van der Waals surface area (Å²) in [5, 5.41) is 0. The third kappa shape index (κ3) is 24.8. The van der Waals surface area contributed by atoms with E-state index in [1.807, 2.05) is 0 Å². The monoisotopic (exact) mass is 170 g/mol. The van der Waals surface area contributed by atoms with Crippen molar-refractivity contribution in [1.82, 2.24) is 0 Å². The van der Waals surface area contributed by atoms with E-state index in [0.29, 0.717) is 0 Å². The van der Waals surface area contributed by atoms with E-state index < -0.39 is 0 Å². The van der Waals surface area contributed by atoms with Crippen molar-refractivity contribution >= 4 is 60.3 Å². The summed E-state index contributed by atoms with van der Waals surface area (Å²) in [6, 6.07) is 0. The Labute approximate surface area is 60.4 Å². The van der Waals surface area contributed by atoms with E-state index in [2.05, 4.69) is 0 Å². The van der Waals surface area contributed by atoms with Gasteiger partial charge in [0.25, 0.3) is 0 Å². The first-order chi connectivity index (χ1) is 0. The highest BCUT2D eigenvalue weighted by Gasteiger charge is -0.294. The van der Waals surface area contributed by atoms with Gasteiger partial charge < -0.3 is 40.5 Å². The van der Waals surface area contributed by atoms with Crippen LogP contribution in [0.4, 0.5) is 0 Å². The van der Waals surface area contributed by atoms with Gasteiger partial charge in [0, 0.05) is 0 Å². The Hall–Kier alpha value is 1.91. The summed E-state index contributed by atoms with van der Waals surface area (Å²) in [6.07, 6.45) is 0.